The zero-order chi connectivity index (χ0) is 33.1. The monoisotopic (exact) mass is 636 g/mol. The fraction of sp³-hybridized carbons (Fsp3) is 0.950. The summed E-state index contributed by atoms with van der Waals surface area (Å²) in [6.45, 7) is 8.45. The number of carbonyl (C=O) groups excluding carboxylic acids is 2. The lowest BCUT2D eigenvalue weighted by Crippen LogP contribution is -2.52. The molecule has 3 N–H and O–H groups in total. The molecule has 0 aromatic carbocycles. The topological polar surface area (TPSA) is 70.2 Å². The molecule has 2 amide bonds. The Morgan fingerprint density at radius 2 is 0.556 bits per heavy atom. The molecule has 0 saturated carbocycles. The quantitative estimate of drug-likeness (QED) is 0.0474. The van der Waals surface area contributed by atoms with Crippen molar-refractivity contribution >= 4 is 11.8 Å². The van der Waals surface area contributed by atoms with Crippen LogP contribution in [-0.2, 0) is 9.59 Å². The van der Waals surface area contributed by atoms with Gasteiger partial charge in [-0.1, -0.05) is 194 Å². The lowest BCUT2D eigenvalue weighted by molar-refractivity contribution is -0.122. The zero-order valence-electron chi connectivity index (χ0n) is 31.1. The van der Waals surface area contributed by atoms with E-state index in [2.05, 4.69) is 29.8 Å². The Kier molecular flexibility index (Phi) is 34.9. The molecule has 0 heterocycles. The van der Waals surface area contributed by atoms with Crippen LogP contribution in [0.3, 0.4) is 0 Å². The standard InChI is InChI=1S/C40H81N3O2/c1-5-7-9-11-13-15-17-19-21-23-25-27-29-31-33-35-39(44)42-37(3)41-38(4)43-40(45)36-34-32-30-28-26-24-22-20-18-16-14-12-10-8-6-2/h37-38,41H,5-36H2,1-4H3,(H,42,44)(H,43,45). The van der Waals surface area contributed by atoms with Gasteiger partial charge in [-0.2, -0.15) is 0 Å². The Morgan fingerprint density at radius 3 is 0.778 bits per heavy atom. The van der Waals surface area contributed by atoms with Crippen molar-refractivity contribution in [3.8, 4) is 0 Å². The summed E-state index contributed by atoms with van der Waals surface area (Å²) >= 11 is 0. The highest BCUT2D eigenvalue weighted by Crippen LogP contribution is 2.15. The number of unbranched alkanes of at least 4 members (excludes halogenated alkanes) is 28. The van der Waals surface area contributed by atoms with Crippen molar-refractivity contribution in [1.29, 1.82) is 0 Å². The van der Waals surface area contributed by atoms with E-state index >= 15 is 0 Å². The first kappa shape index (κ1) is 43.9. The van der Waals surface area contributed by atoms with E-state index in [1.165, 1.54) is 167 Å². The molecule has 0 aliphatic carbocycles. The molecule has 0 saturated heterocycles. The van der Waals surface area contributed by atoms with Crippen molar-refractivity contribution in [2.24, 2.45) is 0 Å². The van der Waals surface area contributed by atoms with E-state index in [0.717, 1.165) is 25.7 Å². The van der Waals surface area contributed by atoms with Gasteiger partial charge in [0, 0.05) is 12.8 Å². The molecule has 0 radical (unpaired) electrons. The van der Waals surface area contributed by atoms with Gasteiger partial charge < -0.3 is 10.6 Å². The number of hydrogen-bond donors (Lipinski definition) is 3. The molecule has 2 atom stereocenters. The third-order valence-electron chi connectivity index (χ3n) is 9.27. The highest BCUT2D eigenvalue weighted by atomic mass is 16.2. The van der Waals surface area contributed by atoms with E-state index in [-0.39, 0.29) is 24.1 Å². The molecule has 2 unspecified atom stereocenters. The number of nitrogens with one attached hydrogen (secondary N) is 3. The third kappa shape index (κ3) is 35.6. The Balaban J connectivity index is 3.49. The molecule has 268 valence electrons. The molecular weight excluding hydrogens is 554 g/mol. The van der Waals surface area contributed by atoms with Crippen molar-refractivity contribution in [3.63, 3.8) is 0 Å². The minimum atomic E-state index is -0.157. The summed E-state index contributed by atoms with van der Waals surface area (Å²) in [5.74, 6) is 0.196. The molecule has 45 heavy (non-hydrogen) atoms. The second-order valence-corrected chi connectivity index (χ2v) is 14.1. The van der Waals surface area contributed by atoms with Gasteiger partial charge in [-0.15, -0.1) is 0 Å². The molecule has 0 aromatic heterocycles. The summed E-state index contributed by atoms with van der Waals surface area (Å²) < 4.78 is 0. The molecule has 0 aliphatic rings. The fourth-order valence-corrected chi connectivity index (χ4v) is 6.40. The molecule has 0 spiro atoms. The van der Waals surface area contributed by atoms with E-state index in [0.29, 0.717) is 12.8 Å². The molecule has 0 fully saturated rings. The van der Waals surface area contributed by atoms with Gasteiger partial charge in [-0.05, 0) is 26.7 Å². The van der Waals surface area contributed by atoms with Gasteiger partial charge in [0.25, 0.3) is 0 Å². The Morgan fingerprint density at radius 1 is 0.356 bits per heavy atom. The van der Waals surface area contributed by atoms with Gasteiger partial charge in [0.15, 0.2) is 0 Å². The lowest BCUT2D eigenvalue weighted by atomic mass is 10.0. The van der Waals surface area contributed by atoms with Gasteiger partial charge >= 0.3 is 0 Å². The van der Waals surface area contributed by atoms with Crippen LogP contribution >= 0.6 is 0 Å². The van der Waals surface area contributed by atoms with Crippen molar-refractivity contribution in [2.45, 2.75) is 245 Å². The number of hydrogen-bond acceptors (Lipinski definition) is 3. The molecular formula is C40H81N3O2. The second-order valence-electron chi connectivity index (χ2n) is 14.1. The van der Waals surface area contributed by atoms with Gasteiger partial charge in [-0.3, -0.25) is 14.9 Å². The Bertz CT molecular complexity index is 575. The minimum Gasteiger partial charge on any atom is -0.341 e. The second kappa shape index (κ2) is 35.7. The first-order chi connectivity index (χ1) is 22.0. The SMILES string of the molecule is CCCCCCCCCCCCCCCCCC(=O)NC(C)NC(C)NC(=O)CCCCCCCCCCCCCCCCC. The average Bonchev–Trinajstić information content (AvgIpc) is 3.00. The highest BCUT2D eigenvalue weighted by Gasteiger charge is 2.12. The van der Waals surface area contributed by atoms with E-state index in [1.54, 1.807) is 0 Å². The van der Waals surface area contributed by atoms with Crippen molar-refractivity contribution in [2.75, 3.05) is 0 Å². The van der Waals surface area contributed by atoms with Crippen LogP contribution in [0.15, 0.2) is 0 Å². The van der Waals surface area contributed by atoms with Gasteiger partial charge in [0.2, 0.25) is 11.8 Å². The molecule has 0 aromatic rings. The number of rotatable bonds is 36. The minimum absolute atomic E-state index is 0.0982. The van der Waals surface area contributed by atoms with Gasteiger partial charge in [-0.25, -0.2) is 0 Å². The summed E-state index contributed by atoms with van der Waals surface area (Å²) in [7, 11) is 0. The van der Waals surface area contributed by atoms with Crippen molar-refractivity contribution in [3.05, 3.63) is 0 Å². The smallest absolute Gasteiger partial charge is 0.221 e. The van der Waals surface area contributed by atoms with Crippen LogP contribution in [0.5, 0.6) is 0 Å². The normalized spacial score (nSPS) is 12.7. The van der Waals surface area contributed by atoms with Crippen LogP contribution in [-0.4, -0.2) is 24.1 Å². The van der Waals surface area contributed by atoms with Crippen LogP contribution in [0.2, 0.25) is 0 Å². The maximum Gasteiger partial charge on any atom is 0.221 e. The summed E-state index contributed by atoms with van der Waals surface area (Å²) in [6.07, 6.45) is 40.9. The molecule has 0 rings (SSSR count). The highest BCUT2D eigenvalue weighted by molar-refractivity contribution is 5.76. The van der Waals surface area contributed by atoms with Crippen LogP contribution < -0.4 is 16.0 Å². The van der Waals surface area contributed by atoms with Crippen LogP contribution in [0.25, 0.3) is 0 Å². The third-order valence-corrected chi connectivity index (χ3v) is 9.27. The van der Waals surface area contributed by atoms with E-state index in [4.69, 9.17) is 0 Å². The van der Waals surface area contributed by atoms with Crippen LogP contribution in [0.1, 0.15) is 233 Å². The summed E-state index contributed by atoms with van der Waals surface area (Å²) in [6, 6.07) is 0. The van der Waals surface area contributed by atoms with E-state index in [9.17, 15) is 9.59 Å². The molecule has 0 bridgehead atoms. The van der Waals surface area contributed by atoms with Crippen LogP contribution in [0, 0.1) is 0 Å². The average molecular weight is 636 g/mol. The largest absolute Gasteiger partial charge is 0.341 e. The summed E-state index contributed by atoms with van der Waals surface area (Å²) in [4.78, 5) is 24.6. The summed E-state index contributed by atoms with van der Waals surface area (Å²) in [5, 5.41) is 9.35. The van der Waals surface area contributed by atoms with Crippen LogP contribution in [0.4, 0.5) is 0 Å². The van der Waals surface area contributed by atoms with E-state index < -0.39 is 0 Å². The first-order valence-corrected chi connectivity index (χ1v) is 20.3. The maximum absolute atomic E-state index is 12.3. The van der Waals surface area contributed by atoms with Crippen molar-refractivity contribution < 1.29 is 9.59 Å². The van der Waals surface area contributed by atoms with Gasteiger partial charge in [0.1, 0.15) is 0 Å². The maximum atomic E-state index is 12.3. The zero-order valence-corrected chi connectivity index (χ0v) is 31.1. The summed E-state index contributed by atoms with van der Waals surface area (Å²) in [5.41, 5.74) is 0. The predicted octanol–water partition coefficient (Wildman–Crippen LogP) is 12.0. The molecule has 5 nitrogen and oxygen atoms in total. The first-order valence-electron chi connectivity index (χ1n) is 20.3. The Hall–Kier alpha value is -1.10. The fourth-order valence-electron chi connectivity index (χ4n) is 6.40. The predicted molar refractivity (Wildman–Crippen MR) is 197 cm³/mol. The van der Waals surface area contributed by atoms with E-state index in [1.807, 2.05) is 13.8 Å². The number of amides is 2. The molecule has 5 heteroatoms. The molecule has 0 aliphatic heterocycles. The number of carbonyl (C=O) groups is 2. The Labute approximate surface area is 282 Å². The van der Waals surface area contributed by atoms with Crippen molar-refractivity contribution in [1.82, 2.24) is 16.0 Å². The lowest BCUT2D eigenvalue weighted by Gasteiger charge is -2.22. The van der Waals surface area contributed by atoms with Gasteiger partial charge in [0.05, 0.1) is 12.3 Å².